The van der Waals surface area contributed by atoms with Crippen molar-refractivity contribution in [2.45, 2.75) is 19.8 Å². The van der Waals surface area contributed by atoms with Gasteiger partial charge in [0.1, 0.15) is 0 Å². The van der Waals surface area contributed by atoms with Crippen LogP contribution in [-0.2, 0) is 0 Å². The van der Waals surface area contributed by atoms with Gasteiger partial charge in [-0.2, -0.15) is 0 Å². The quantitative estimate of drug-likeness (QED) is 0.505. The number of hydrogen-bond acceptors (Lipinski definition) is 0. The predicted molar refractivity (Wildman–Crippen MR) is 42.8 cm³/mol. The molecule has 0 fully saturated rings. The van der Waals surface area contributed by atoms with Gasteiger partial charge in [-0.05, 0) is 26.7 Å². The van der Waals surface area contributed by atoms with Crippen molar-refractivity contribution in [2.24, 2.45) is 0 Å². The molecule has 0 atom stereocenters. The van der Waals surface area contributed by atoms with Crippen LogP contribution in [0.2, 0.25) is 0 Å². The Morgan fingerprint density at radius 2 is 2.22 bits per heavy atom. The maximum absolute atomic E-state index is 3.72. The minimum Gasteiger partial charge on any atom is -0.0840 e. The van der Waals surface area contributed by atoms with Gasteiger partial charge in [0.05, 0.1) is 0 Å². The van der Waals surface area contributed by atoms with Gasteiger partial charge in [-0.15, -0.1) is 0 Å². The van der Waals surface area contributed by atoms with E-state index in [0.29, 0.717) is 0 Å². The summed E-state index contributed by atoms with van der Waals surface area (Å²) in [6.07, 6.45) is 7.88. The first kappa shape index (κ1) is 8.48. The maximum Gasteiger partial charge on any atom is -0.0311 e. The third-order valence-electron chi connectivity index (χ3n) is 1.15. The van der Waals surface area contributed by atoms with Crippen LogP contribution in [0.5, 0.6) is 0 Å². The molecular formula is C9H14. The van der Waals surface area contributed by atoms with E-state index in [0.717, 1.165) is 12.8 Å². The lowest BCUT2D eigenvalue weighted by Gasteiger charge is -1.92. The minimum absolute atomic E-state index is 0.869. The number of allylic oxidation sites excluding steroid dienone is 4. The first-order chi connectivity index (χ1) is 4.35. The highest BCUT2D eigenvalue weighted by atomic mass is 13.9. The third-order valence-corrected chi connectivity index (χ3v) is 1.15. The summed E-state index contributed by atoms with van der Waals surface area (Å²) in [4.78, 5) is 0. The molecule has 2 radical (unpaired) electrons. The van der Waals surface area contributed by atoms with Crippen LogP contribution in [0.1, 0.15) is 19.8 Å². The molecule has 50 valence electrons. The van der Waals surface area contributed by atoms with Crippen LogP contribution in [0.3, 0.4) is 0 Å². The van der Waals surface area contributed by atoms with E-state index in [1.165, 1.54) is 5.57 Å². The molecule has 0 unspecified atom stereocenters. The second-order valence-corrected chi connectivity index (χ2v) is 1.82. The fourth-order valence-electron chi connectivity index (χ4n) is 0.667. The second-order valence-electron chi connectivity index (χ2n) is 1.82. The summed E-state index contributed by atoms with van der Waals surface area (Å²) in [7, 11) is 0. The van der Waals surface area contributed by atoms with Gasteiger partial charge in [-0.25, -0.2) is 0 Å². The standard InChI is InChI=1S/C9H14/c1-4-7-9(6-3)8-5-2/h4,7-8H,1-2,5-6H2,3H3/b7-4+,9-8+. The van der Waals surface area contributed by atoms with Gasteiger partial charge >= 0.3 is 0 Å². The Balaban J connectivity index is 3.81. The van der Waals surface area contributed by atoms with Crippen LogP contribution in [0, 0.1) is 13.8 Å². The zero-order valence-corrected chi connectivity index (χ0v) is 6.06. The average molecular weight is 122 g/mol. The molecule has 0 aromatic rings. The van der Waals surface area contributed by atoms with Crippen LogP contribution in [-0.4, -0.2) is 0 Å². The predicted octanol–water partition coefficient (Wildman–Crippen LogP) is 2.94. The lowest BCUT2D eigenvalue weighted by molar-refractivity contribution is 1.12. The third kappa shape index (κ3) is 4.01. The smallest absolute Gasteiger partial charge is 0.0311 e. The summed E-state index contributed by atoms with van der Waals surface area (Å²) >= 11 is 0. The molecule has 0 bridgehead atoms. The lowest BCUT2D eigenvalue weighted by atomic mass is 10.1. The maximum atomic E-state index is 3.72. The highest BCUT2D eigenvalue weighted by Gasteiger charge is 1.82. The van der Waals surface area contributed by atoms with Crippen LogP contribution in [0.25, 0.3) is 0 Å². The molecule has 0 rings (SSSR count). The Morgan fingerprint density at radius 3 is 2.56 bits per heavy atom. The van der Waals surface area contributed by atoms with Crippen LogP contribution in [0.15, 0.2) is 23.8 Å². The van der Waals surface area contributed by atoms with E-state index in [4.69, 9.17) is 0 Å². The number of hydrogen-bond donors (Lipinski definition) is 0. The first-order valence-corrected chi connectivity index (χ1v) is 3.29. The van der Waals surface area contributed by atoms with Crippen molar-refractivity contribution < 1.29 is 0 Å². The van der Waals surface area contributed by atoms with Crippen LogP contribution in [0.4, 0.5) is 0 Å². The summed E-state index contributed by atoms with van der Waals surface area (Å²) in [5.74, 6) is 0. The fraction of sp³-hybridized carbons (Fsp3) is 0.333. The first-order valence-electron chi connectivity index (χ1n) is 3.29. The Hall–Kier alpha value is -0.520. The summed E-state index contributed by atoms with van der Waals surface area (Å²) < 4.78 is 0. The largest absolute Gasteiger partial charge is 0.0840 e. The molecular weight excluding hydrogens is 108 g/mol. The topological polar surface area (TPSA) is 0 Å². The molecule has 0 saturated carbocycles. The Kier molecular flexibility index (Phi) is 5.29. The molecule has 0 heterocycles. The van der Waals surface area contributed by atoms with Crippen LogP contribution >= 0.6 is 0 Å². The molecule has 0 aliphatic heterocycles. The van der Waals surface area contributed by atoms with E-state index in [1.807, 2.05) is 12.2 Å². The Labute approximate surface area is 58.3 Å². The summed E-state index contributed by atoms with van der Waals surface area (Å²) in [5.41, 5.74) is 1.32. The molecule has 0 nitrogen and oxygen atoms in total. The molecule has 0 amide bonds. The molecule has 0 heteroatoms. The van der Waals surface area contributed by atoms with Crippen molar-refractivity contribution in [2.75, 3.05) is 0 Å². The van der Waals surface area contributed by atoms with Crippen molar-refractivity contribution >= 4 is 0 Å². The summed E-state index contributed by atoms with van der Waals surface area (Å²) in [6, 6.07) is 0. The Bertz CT molecular complexity index is 107. The Morgan fingerprint density at radius 1 is 1.56 bits per heavy atom. The van der Waals surface area contributed by atoms with E-state index >= 15 is 0 Å². The van der Waals surface area contributed by atoms with Crippen molar-refractivity contribution in [3.63, 3.8) is 0 Å². The van der Waals surface area contributed by atoms with Crippen molar-refractivity contribution in [3.8, 4) is 0 Å². The highest BCUT2D eigenvalue weighted by molar-refractivity contribution is 5.18. The van der Waals surface area contributed by atoms with Crippen molar-refractivity contribution in [1.82, 2.24) is 0 Å². The van der Waals surface area contributed by atoms with Crippen molar-refractivity contribution in [1.29, 1.82) is 0 Å². The molecule has 0 N–H and O–H groups in total. The molecule has 0 aliphatic rings. The van der Waals surface area contributed by atoms with Crippen LogP contribution < -0.4 is 0 Å². The molecule has 0 aliphatic carbocycles. The van der Waals surface area contributed by atoms with E-state index in [-0.39, 0.29) is 0 Å². The lowest BCUT2D eigenvalue weighted by Crippen LogP contribution is -1.72. The van der Waals surface area contributed by atoms with E-state index < -0.39 is 0 Å². The van der Waals surface area contributed by atoms with E-state index in [1.54, 1.807) is 0 Å². The normalized spacial score (nSPS) is 13.0. The second kappa shape index (κ2) is 5.61. The van der Waals surface area contributed by atoms with Gasteiger partial charge in [-0.3, -0.25) is 0 Å². The fourth-order valence-corrected chi connectivity index (χ4v) is 0.667. The molecule has 0 aromatic carbocycles. The van der Waals surface area contributed by atoms with Gasteiger partial charge in [-0.1, -0.05) is 30.7 Å². The monoisotopic (exact) mass is 122 g/mol. The van der Waals surface area contributed by atoms with E-state index in [2.05, 4.69) is 26.8 Å². The van der Waals surface area contributed by atoms with Gasteiger partial charge < -0.3 is 0 Å². The van der Waals surface area contributed by atoms with Gasteiger partial charge in [0, 0.05) is 0 Å². The minimum atomic E-state index is 0.869. The van der Waals surface area contributed by atoms with Gasteiger partial charge in [0.2, 0.25) is 0 Å². The zero-order valence-electron chi connectivity index (χ0n) is 6.06. The molecule has 9 heavy (non-hydrogen) atoms. The highest BCUT2D eigenvalue weighted by Crippen LogP contribution is 2.02. The molecule has 0 aromatic heterocycles. The average Bonchev–Trinajstić information content (AvgIpc) is 1.88. The SMILES string of the molecule is [CH2]/C=C/C(=C/C[CH2])CC. The summed E-state index contributed by atoms with van der Waals surface area (Å²) in [5, 5.41) is 0. The van der Waals surface area contributed by atoms with Gasteiger partial charge in [0.15, 0.2) is 0 Å². The van der Waals surface area contributed by atoms with Crippen molar-refractivity contribution in [3.05, 3.63) is 37.6 Å². The molecule has 0 spiro atoms. The molecule has 0 saturated heterocycles. The number of rotatable bonds is 3. The summed E-state index contributed by atoms with van der Waals surface area (Å²) in [6.45, 7) is 9.47. The van der Waals surface area contributed by atoms with Gasteiger partial charge in [0.25, 0.3) is 0 Å². The zero-order chi connectivity index (χ0) is 7.11. The van der Waals surface area contributed by atoms with E-state index in [9.17, 15) is 0 Å².